The minimum atomic E-state index is -5.69. The number of rotatable bonds is 3. The zero-order chi connectivity index (χ0) is 19.1. The molecule has 0 bridgehead atoms. The van der Waals surface area contributed by atoms with Crippen LogP contribution in [0, 0.1) is 12.7 Å². The number of hydrogen-bond acceptors (Lipinski definition) is 6. The molecule has 0 spiro atoms. The van der Waals surface area contributed by atoms with Crippen molar-refractivity contribution in [3.63, 3.8) is 0 Å². The maximum atomic E-state index is 13.5. The van der Waals surface area contributed by atoms with Gasteiger partial charge in [0.2, 0.25) is 5.89 Å². The molecule has 1 aromatic carbocycles. The summed E-state index contributed by atoms with van der Waals surface area (Å²) >= 11 is 0. The van der Waals surface area contributed by atoms with Crippen molar-refractivity contribution in [1.29, 1.82) is 0 Å². The molecule has 6 nitrogen and oxygen atoms in total. The first kappa shape index (κ1) is 18.6. The van der Waals surface area contributed by atoms with Crippen LogP contribution in [0.2, 0.25) is 0 Å². The van der Waals surface area contributed by atoms with E-state index in [-0.39, 0.29) is 18.2 Å². The first-order chi connectivity index (χ1) is 12.1. The molecule has 0 aliphatic carbocycles. The molecule has 26 heavy (non-hydrogen) atoms. The van der Waals surface area contributed by atoms with E-state index in [0.717, 1.165) is 12.1 Å². The predicted octanol–water partition coefficient (Wildman–Crippen LogP) is 3.19. The molecule has 1 atom stereocenters. The van der Waals surface area contributed by atoms with Crippen molar-refractivity contribution in [1.82, 2.24) is 10.1 Å². The van der Waals surface area contributed by atoms with Gasteiger partial charge in [0.1, 0.15) is 10.7 Å². The molecule has 0 saturated carbocycles. The Bertz CT molecular complexity index is 911. The van der Waals surface area contributed by atoms with Gasteiger partial charge in [-0.3, -0.25) is 0 Å². The summed E-state index contributed by atoms with van der Waals surface area (Å²) in [7, 11) is -5.69. The van der Waals surface area contributed by atoms with Crippen LogP contribution in [0.3, 0.4) is 0 Å². The summed E-state index contributed by atoms with van der Waals surface area (Å²) in [5, 5.41) is 3.69. The lowest BCUT2D eigenvalue weighted by Gasteiger charge is -2.34. The quantitative estimate of drug-likeness (QED) is 0.746. The number of aromatic nitrogens is 2. The van der Waals surface area contributed by atoms with Crippen molar-refractivity contribution in [2.24, 2.45) is 0 Å². The van der Waals surface area contributed by atoms with Gasteiger partial charge in [-0.2, -0.15) is 18.2 Å². The van der Waals surface area contributed by atoms with Crippen LogP contribution in [0.5, 0.6) is 0 Å². The number of aryl methyl sites for hydroxylation is 1. The minimum Gasteiger partial charge on any atom is -0.370 e. The Hall–Kier alpha value is -2.17. The summed E-state index contributed by atoms with van der Waals surface area (Å²) in [6.45, 7) is 2.16. The molecular weight excluding hydrogens is 378 g/mol. The third kappa shape index (κ3) is 3.39. The van der Waals surface area contributed by atoms with Gasteiger partial charge in [0.15, 0.2) is 5.82 Å². The number of alkyl halides is 3. The highest BCUT2D eigenvalue weighted by atomic mass is 32.2. The molecule has 11 heteroatoms. The van der Waals surface area contributed by atoms with Gasteiger partial charge >= 0.3 is 5.51 Å². The van der Waals surface area contributed by atoms with Gasteiger partial charge in [0, 0.05) is 13.1 Å². The van der Waals surface area contributed by atoms with E-state index < -0.39 is 26.1 Å². The van der Waals surface area contributed by atoms with Crippen molar-refractivity contribution >= 4 is 15.5 Å². The minimum absolute atomic E-state index is 0.188. The Kier molecular flexibility index (Phi) is 4.67. The predicted molar refractivity (Wildman–Crippen MR) is 82.9 cm³/mol. The molecule has 2 aromatic rings. The SMILES string of the molecule is Cc1noc(C2CCCN(c3ccc(F)cc3S(=O)(=O)C(F)(F)F)C2)n1. The number of nitrogens with zero attached hydrogens (tertiary/aromatic N) is 3. The number of anilines is 1. The average Bonchev–Trinajstić information content (AvgIpc) is 3.00. The largest absolute Gasteiger partial charge is 0.501 e. The van der Waals surface area contributed by atoms with Gasteiger partial charge in [-0.15, -0.1) is 0 Å². The standard InChI is InChI=1S/C15H15F4N3O3S/c1-9-20-14(25-21-9)10-3-2-6-22(8-10)12-5-4-11(16)7-13(12)26(23,24)15(17,18)19/h4-5,7,10H,2-3,6,8H2,1H3. The van der Waals surface area contributed by atoms with E-state index in [9.17, 15) is 26.0 Å². The zero-order valence-corrected chi connectivity index (χ0v) is 14.4. The van der Waals surface area contributed by atoms with E-state index in [4.69, 9.17) is 4.52 Å². The van der Waals surface area contributed by atoms with E-state index in [2.05, 4.69) is 10.1 Å². The smallest absolute Gasteiger partial charge is 0.370 e. The van der Waals surface area contributed by atoms with Crippen molar-refractivity contribution in [3.05, 3.63) is 35.7 Å². The zero-order valence-electron chi connectivity index (χ0n) is 13.6. The van der Waals surface area contributed by atoms with E-state index >= 15 is 0 Å². The maximum Gasteiger partial charge on any atom is 0.501 e. The highest BCUT2D eigenvalue weighted by molar-refractivity contribution is 7.92. The van der Waals surface area contributed by atoms with E-state index in [1.54, 1.807) is 6.92 Å². The Morgan fingerprint density at radius 2 is 2.04 bits per heavy atom. The average molecular weight is 393 g/mol. The second kappa shape index (κ2) is 6.53. The Morgan fingerprint density at radius 1 is 1.31 bits per heavy atom. The van der Waals surface area contributed by atoms with Gasteiger partial charge in [-0.25, -0.2) is 12.8 Å². The van der Waals surface area contributed by atoms with Crippen molar-refractivity contribution < 1.29 is 30.5 Å². The summed E-state index contributed by atoms with van der Waals surface area (Å²) in [6.07, 6.45) is 1.25. The van der Waals surface area contributed by atoms with Crippen LogP contribution in [0.1, 0.15) is 30.5 Å². The van der Waals surface area contributed by atoms with Crippen LogP contribution in [0.25, 0.3) is 0 Å². The van der Waals surface area contributed by atoms with Crippen LogP contribution in [-0.4, -0.2) is 37.2 Å². The number of piperidine rings is 1. The number of halogens is 4. The Labute approximate surface area is 146 Å². The first-order valence-electron chi connectivity index (χ1n) is 7.75. The van der Waals surface area contributed by atoms with Crippen LogP contribution in [-0.2, 0) is 9.84 Å². The topological polar surface area (TPSA) is 76.3 Å². The molecule has 0 radical (unpaired) electrons. The highest BCUT2D eigenvalue weighted by Gasteiger charge is 2.48. The summed E-state index contributed by atoms with van der Waals surface area (Å²) < 4.78 is 81.3. The molecule has 1 aliphatic rings. The summed E-state index contributed by atoms with van der Waals surface area (Å²) in [5.74, 6) is -0.539. The first-order valence-corrected chi connectivity index (χ1v) is 9.24. The molecule has 1 unspecified atom stereocenters. The lowest BCUT2D eigenvalue weighted by molar-refractivity contribution is -0.0435. The molecule has 1 saturated heterocycles. The summed E-state index contributed by atoms with van der Waals surface area (Å²) in [5.41, 5.74) is -5.71. The number of sulfone groups is 1. The molecule has 2 heterocycles. The monoisotopic (exact) mass is 393 g/mol. The van der Waals surface area contributed by atoms with Gasteiger partial charge in [-0.05, 0) is 38.0 Å². The normalized spacial score (nSPS) is 19.0. The van der Waals surface area contributed by atoms with Crippen molar-refractivity contribution in [2.45, 2.75) is 36.1 Å². The van der Waals surface area contributed by atoms with Gasteiger partial charge in [-0.1, -0.05) is 5.16 Å². The van der Waals surface area contributed by atoms with E-state index in [1.807, 2.05) is 0 Å². The lowest BCUT2D eigenvalue weighted by atomic mass is 9.97. The molecule has 142 valence electrons. The molecule has 0 N–H and O–H groups in total. The Morgan fingerprint density at radius 3 is 2.65 bits per heavy atom. The fourth-order valence-corrected chi connectivity index (χ4v) is 3.96. The second-order valence-electron chi connectivity index (χ2n) is 6.03. The highest BCUT2D eigenvalue weighted by Crippen LogP contribution is 2.38. The lowest BCUT2D eigenvalue weighted by Crippen LogP contribution is -2.36. The van der Waals surface area contributed by atoms with E-state index in [1.165, 1.54) is 4.90 Å². The molecule has 3 rings (SSSR count). The van der Waals surface area contributed by atoms with Crippen molar-refractivity contribution in [3.8, 4) is 0 Å². The fraction of sp³-hybridized carbons (Fsp3) is 0.467. The van der Waals surface area contributed by atoms with Crippen LogP contribution >= 0.6 is 0 Å². The molecule has 1 aromatic heterocycles. The molecule has 0 amide bonds. The third-order valence-corrected chi connectivity index (χ3v) is 5.69. The molecular formula is C15H15F4N3O3S. The maximum absolute atomic E-state index is 13.5. The fourth-order valence-electron chi connectivity index (χ4n) is 2.97. The second-order valence-corrected chi connectivity index (χ2v) is 7.94. The molecule has 1 aliphatic heterocycles. The third-order valence-electron chi connectivity index (χ3n) is 4.17. The Balaban J connectivity index is 1.99. The van der Waals surface area contributed by atoms with Gasteiger partial charge in [0.25, 0.3) is 9.84 Å². The van der Waals surface area contributed by atoms with Gasteiger partial charge < -0.3 is 9.42 Å². The van der Waals surface area contributed by atoms with E-state index in [0.29, 0.717) is 37.2 Å². The van der Waals surface area contributed by atoms with Crippen LogP contribution in [0.15, 0.2) is 27.6 Å². The van der Waals surface area contributed by atoms with Crippen LogP contribution in [0.4, 0.5) is 23.2 Å². The van der Waals surface area contributed by atoms with Gasteiger partial charge in [0.05, 0.1) is 11.6 Å². The molecule has 1 fully saturated rings. The summed E-state index contributed by atoms with van der Waals surface area (Å²) in [6, 6.07) is 2.39. The summed E-state index contributed by atoms with van der Waals surface area (Å²) in [4.78, 5) is 4.51. The van der Waals surface area contributed by atoms with Crippen LogP contribution < -0.4 is 4.90 Å². The number of hydrogen-bond donors (Lipinski definition) is 0. The number of benzene rings is 1. The van der Waals surface area contributed by atoms with Crippen molar-refractivity contribution in [2.75, 3.05) is 18.0 Å².